The summed E-state index contributed by atoms with van der Waals surface area (Å²) in [6.07, 6.45) is 3.99. The third kappa shape index (κ3) is 4.74. The second kappa shape index (κ2) is 9.44. The normalized spacial score (nSPS) is 14.1. The van der Waals surface area contributed by atoms with Crippen LogP contribution in [0.2, 0.25) is 0 Å². The number of nitrogens with zero attached hydrogens (tertiary/aromatic N) is 4. The number of piperazine rings is 1. The van der Waals surface area contributed by atoms with E-state index in [2.05, 4.69) is 33.8 Å². The fraction of sp³-hybridized carbons (Fsp3) is 0.455. The molecule has 1 saturated heterocycles. The van der Waals surface area contributed by atoms with Crippen LogP contribution < -0.4 is 14.5 Å². The molecule has 0 N–H and O–H groups in total. The predicted molar refractivity (Wildman–Crippen MR) is 114 cm³/mol. The molecule has 28 heavy (non-hydrogen) atoms. The van der Waals surface area contributed by atoms with Gasteiger partial charge in [-0.3, -0.25) is 4.79 Å². The predicted octanol–water partition coefficient (Wildman–Crippen LogP) is 3.29. The van der Waals surface area contributed by atoms with E-state index in [0.29, 0.717) is 18.7 Å². The molecule has 0 radical (unpaired) electrons. The van der Waals surface area contributed by atoms with Crippen LogP contribution in [-0.4, -0.2) is 62.7 Å². The number of methoxy groups -OCH3 is 1. The van der Waals surface area contributed by atoms with E-state index in [4.69, 9.17) is 4.74 Å². The van der Waals surface area contributed by atoms with E-state index < -0.39 is 0 Å². The van der Waals surface area contributed by atoms with Gasteiger partial charge < -0.3 is 19.4 Å². The van der Waals surface area contributed by atoms with E-state index in [1.54, 1.807) is 13.3 Å². The Balaban J connectivity index is 1.60. The first-order valence-electron chi connectivity index (χ1n) is 9.98. The van der Waals surface area contributed by atoms with Crippen molar-refractivity contribution in [2.24, 2.45) is 0 Å². The zero-order valence-electron chi connectivity index (χ0n) is 17.1. The number of carbonyl (C=O) groups excluding carboxylic acids is 1. The van der Waals surface area contributed by atoms with E-state index in [0.717, 1.165) is 49.7 Å². The average Bonchev–Trinajstić information content (AvgIpc) is 2.77. The fourth-order valence-electron chi connectivity index (χ4n) is 3.41. The number of hydrogen-bond acceptors (Lipinski definition) is 5. The maximum Gasteiger partial charge on any atom is 0.254 e. The highest BCUT2D eigenvalue weighted by molar-refractivity contribution is 5.95. The number of carbonyl (C=O) groups is 1. The molecule has 0 bridgehead atoms. The summed E-state index contributed by atoms with van der Waals surface area (Å²) < 4.78 is 5.22. The third-order valence-corrected chi connectivity index (χ3v) is 5.24. The molecule has 0 aliphatic carbocycles. The van der Waals surface area contributed by atoms with Crippen molar-refractivity contribution in [1.29, 1.82) is 0 Å². The molecule has 6 nitrogen and oxygen atoms in total. The molecule has 1 aromatic heterocycles. The summed E-state index contributed by atoms with van der Waals surface area (Å²) in [5.41, 5.74) is 1.88. The van der Waals surface area contributed by atoms with Gasteiger partial charge in [0, 0.05) is 57.2 Å². The van der Waals surface area contributed by atoms with Crippen molar-refractivity contribution < 1.29 is 9.53 Å². The van der Waals surface area contributed by atoms with Gasteiger partial charge in [-0.05, 0) is 42.8 Å². The highest BCUT2D eigenvalue weighted by atomic mass is 16.5. The van der Waals surface area contributed by atoms with Crippen molar-refractivity contribution in [1.82, 2.24) is 9.88 Å². The van der Waals surface area contributed by atoms with E-state index in [1.165, 1.54) is 0 Å². The van der Waals surface area contributed by atoms with E-state index >= 15 is 0 Å². The lowest BCUT2D eigenvalue weighted by Gasteiger charge is -2.36. The van der Waals surface area contributed by atoms with Crippen molar-refractivity contribution in [3.05, 3.63) is 48.2 Å². The van der Waals surface area contributed by atoms with Gasteiger partial charge in [-0.2, -0.15) is 0 Å². The zero-order valence-corrected chi connectivity index (χ0v) is 17.1. The third-order valence-electron chi connectivity index (χ3n) is 5.24. The first-order valence-corrected chi connectivity index (χ1v) is 9.98. The fourth-order valence-corrected chi connectivity index (χ4v) is 3.41. The van der Waals surface area contributed by atoms with Gasteiger partial charge in [-0.15, -0.1) is 0 Å². The van der Waals surface area contributed by atoms with Gasteiger partial charge in [0.25, 0.3) is 5.91 Å². The molecule has 1 fully saturated rings. The second-order valence-electron chi connectivity index (χ2n) is 7.16. The van der Waals surface area contributed by atoms with Gasteiger partial charge in [0.05, 0.1) is 7.11 Å². The molecule has 2 aromatic rings. The Morgan fingerprint density at radius 1 is 1.14 bits per heavy atom. The lowest BCUT2D eigenvalue weighted by atomic mass is 10.2. The number of benzene rings is 1. The van der Waals surface area contributed by atoms with E-state index in [1.807, 2.05) is 36.2 Å². The standard InChI is InChI=1S/C22H30N4O2/c1-4-5-12-24(2)21-17-18(10-11-23-21)22(27)26-15-13-25(14-16-26)19-6-8-20(28-3)9-7-19/h6-11,17H,4-5,12-16H2,1-3H3. The molecule has 1 aliphatic rings. The Labute approximate surface area is 167 Å². The number of unbranched alkanes of at least 4 members (excludes halogenated alkanes) is 1. The summed E-state index contributed by atoms with van der Waals surface area (Å²) >= 11 is 0. The molecule has 0 atom stereocenters. The Hall–Kier alpha value is -2.76. The van der Waals surface area contributed by atoms with Gasteiger partial charge in [0.2, 0.25) is 0 Å². The van der Waals surface area contributed by atoms with Crippen molar-refractivity contribution in [2.45, 2.75) is 19.8 Å². The minimum absolute atomic E-state index is 0.0851. The van der Waals surface area contributed by atoms with E-state index in [9.17, 15) is 4.79 Å². The van der Waals surface area contributed by atoms with Gasteiger partial charge in [0.15, 0.2) is 0 Å². The summed E-state index contributed by atoms with van der Waals surface area (Å²) in [6, 6.07) is 11.8. The quantitative estimate of drug-likeness (QED) is 0.735. The van der Waals surface area contributed by atoms with Crippen molar-refractivity contribution in [3.8, 4) is 5.75 Å². The lowest BCUT2D eigenvalue weighted by Crippen LogP contribution is -2.48. The minimum Gasteiger partial charge on any atom is -0.497 e. The summed E-state index contributed by atoms with van der Waals surface area (Å²) in [7, 11) is 3.70. The van der Waals surface area contributed by atoms with Gasteiger partial charge >= 0.3 is 0 Å². The van der Waals surface area contributed by atoms with Crippen LogP contribution >= 0.6 is 0 Å². The highest BCUT2D eigenvalue weighted by Crippen LogP contribution is 2.21. The molecule has 2 heterocycles. The molecular formula is C22H30N4O2. The van der Waals surface area contributed by atoms with Crippen molar-refractivity contribution in [3.63, 3.8) is 0 Å². The van der Waals surface area contributed by atoms with Gasteiger partial charge in [0.1, 0.15) is 11.6 Å². The summed E-state index contributed by atoms with van der Waals surface area (Å²) in [5, 5.41) is 0. The molecule has 6 heteroatoms. The van der Waals surface area contributed by atoms with Crippen LogP contribution in [0.4, 0.5) is 11.5 Å². The Morgan fingerprint density at radius 2 is 1.86 bits per heavy atom. The van der Waals surface area contributed by atoms with Crippen molar-refractivity contribution in [2.75, 3.05) is 56.7 Å². The average molecular weight is 383 g/mol. The van der Waals surface area contributed by atoms with Gasteiger partial charge in [-0.1, -0.05) is 13.3 Å². The number of pyridine rings is 1. The Bertz CT molecular complexity index is 770. The molecular weight excluding hydrogens is 352 g/mol. The number of rotatable bonds is 7. The van der Waals surface area contributed by atoms with Gasteiger partial charge in [-0.25, -0.2) is 4.98 Å². The number of ether oxygens (including phenoxy) is 1. The molecule has 150 valence electrons. The largest absolute Gasteiger partial charge is 0.497 e. The van der Waals surface area contributed by atoms with Crippen LogP contribution in [0.15, 0.2) is 42.6 Å². The molecule has 0 spiro atoms. The monoisotopic (exact) mass is 382 g/mol. The zero-order chi connectivity index (χ0) is 19.9. The first-order chi connectivity index (χ1) is 13.6. The van der Waals surface area contributed by atoms with Crippen LogP contribution in [-0.2, 0) is 0 Å². The van der Waals surface area contributed by atoms with E-state index in [-0.39, 0.29) is 5.91 Å². The molecule has 1 amide bonds. The SMILES string of the molecule is CCCCN(C)c1cc(C(=O)N2CCN(c3ccc(OC)cc3)CC2)ccn1. The van der Waals surface area contributed by atoms with Crippen LogP contribution in [0.25, 0.3) is 0 Å². The van der Waals surface area contributed by atoms with Crippen molar-refractivity contribution >= 4 is 17.4 Å². The summed E-state index contributed by atoms with van der Waals surface area (Å²) in [5.74, 6) is 1.80. The Kier molecular flexibility index (Phi) is 6.74. The first kappa shape index (κ1) is 20.0. The number of aromatic nitrogens is 1. The van der Waals surface area contributed by atoms with Crippen LogP contribution in [0.1, 0.15) is 30.1 Å². The lowest BCUT2D eigenvalue weighted by molar-refractivity contribution is 0.0746. The maximum atomic E-state index is 13.0. The summed E-state index contributed by atoms with van der Waals surface area (Å²) in [6.45, 7) is 6.20. The molecule has 3 rings (SSSR count). The molecule has 0 unspecified atom stereocenters. The Morgan fingerprint density at radius 3 is 2.50 bits per heavy atom. The topological polar surface area (TPSA) is 48.9 Å². The maximum absolute atomic E-state index is 13.0. The number of anilines is 2. The number of amides is 1. The highest BCUT2D eigenvalue weighted by Gasteiger charge is 2.23. The smallest absolute Gasteiger partial charge is 0.254 e. The molecule has 1 aliphatic heterocycles. The van der Waals surface area contributed by atoms with Crippen LogP contribution in [0.3, 0.4) is 0 Å². The number of hydrogen-bond donors (Lipinski definition) is 0. The molecule has 1 aromatic carbocycles. The summed E-state index contributed by atoms with van der Waals surface area (Å²) in [4.78, 5) is 23.7. The molecule has 0 saturated carbocycles. The minimum atomic E-state index is 0.0851. The van der Waals surface area contributed by atoms with Crippen LogP contribution in [0.5, 0.6) is 5.75 Å². The van der Waals surface area contributed by atoms with Crippen LogP contribution in [0, 0.1) is 0 Å². The second-order valence-corrected chi connectivity index (χ2v) is 7.16.